The molecule has 5 rings (SSSR count). The first kappa shape index (κ1) is 25.4. The molecular weight excluding hydrogens is 440 g/mol. The molecule has 0 unspecified atom stereocenters. The van der Waals surface area contributed by atoms with Gasteiger partial charge in [-0.2, -0.15) is 0 Å². The SMILES string of the molecule is C[C@]1(C(=O)O)CC[C@]2(C)CC[C@]3(C)C(=CC(=O)[C@@H]4[C@@]5(C)CC[C@H](O)[C@@](C)(CO)[C@@H]5CC[C@]43C)[C@@H]2C1. The van der Waals surface area contributed by atoms with Crippen LogP contribution >= 0.6 is 0 Å². The fourth-order valence-corrected chi connectivity index (χ4v) is 10.4. The predicted molar refractivity (Wildman–Crippen MR) is 134 cm³/mol. The van der Waals surface area contributed by atoms with Gasteiger partial charge >= 0.3 is 5.97 Å². The van der Waals surface area contributed by atoms with Crippen molar-refractivity contribution in [2.24, 2.45) is 50.2 Å². The molecule has 5 heteroatoms. The molecule has 0 aromatic carbocycles. The summed E-state index contributed by atoms with van der Waals surface area (Å²) >= 11 is 0. The molecule has 5 nitrogen and oxygen atoms in total. The summed E-state index contributed by atoms with van der Waals surface area (Å²) in [7, 11) is 0. The van der Waals surface area contributed by atoms with Crippen LogP contribution in [0.4, 0.5) is 0 Å². The number of aliphatic hydroxyl groups excluding tert-OH is 2. The molecule has 3 N–H and O–H groups in total. The maximum absolute atomic E-state index is 14.2. The Labute approximate surface area is 210 Å². The Balaban J connectivity index is 1.62. The standard InChI is InChI=1S/C30H46O5/c1-25-11-12-26(2,24(34)35)16-19(25)18-15-20(32)23-27(3)9-8-22(33)28(4,17-31)21(27)7-10-30(23,6)29(18,5)14-13-25/h15,19,21-23,31,33H,7-14,16-17H2,1-6H3,(H,34,35)/t19-,21+,22-,23+,25+,26-,27-,28-,29+,30+/m0/s1. The zero-order chi connectivity index (χ0) is 25.8. The second kappa shape index (κ2) is 7.43. The van der Waals surface area contributed by atoms with Gasteiger partial charge < -0.3 is 15.3 Å². The quantitative estimate of drug-likeness (QED) is 0.487. The Morgan fingerprint density at radius 2 is 1.63 bits per heavy atom. The summed E-state index contributed by atoms with van der Waals surface area (Å²) in [6.07, 6.45) is 8.99. The normalized spacial score (nSPS) is 55.7. The lowest BCUT2D eigenvalue weighted by atomic mass is 9.33. The molecule has 4 saturated carbocycles. The van der Waals surface area contributed by atoms with Gasteiger partial charge in [0.1, 0.15) is 0 Å². The van der Waals surface area contributed by atoms with E-state index >= 15 is 0 Å². The molecular formula is C30H46O5. The molecule has 35 heavy (non-hydrogen) atoms. The highest BCUT2D eigenvalue weighted by molar-refractivity contribution is 5.95. The van der Waals surface area contributed by atoms with Crippen molar-refractivity contribution in [1.29, 1.82) is 0 Å². The minimum atomic E-state index is -0.740. The molecule has 0 radical (unpaired) electrons. The van der Waals surface area contributed by atoms with Gasteiger partial charge in [-0.1, -0.05) is 40.2 Å². The van der Waals surface area contributed by atoms with E-state index in [9.17, 15) is 24.9 Å². The monoisotopic (exact) mass is 486 g/mol. The molecule has 0 aromatic rings. The summed E-state index contributed by atoms with van der Waals surface area (Å²) in [6.45, 7) is 13.1. The van der Waals surface area contributed by atoms with E-state index in [1.54, 1.807) is 0 Å². The lowest BCUT2D eigenvalue weighted by molar-refractivity contribution is -0.212. The smallest absolute Gasteiger partial charge is 0.309 e. The van der Waals surface area contributed by atoms with E-state index in [1.165, 1.54) is 5.57 Å². The first-order chi connectivity index (χ1) is 16.1. The zero-order valence-electron chi connectivity index (χ0n) is 22.6. The van der Waals surface area contributed by atoms with Crippen molar-refractivity contribution in [3.63, 3.8) is 0 Å². The van der Waals surface area contributed by atoms with Gasteiger partial charge in [0.25, 0.3) is 0 Å². The molecule has 0 saturated heterocycles. The topological polar surface area (TPSA) is 94.8 Å². The summed E-state index contributed by atoms with van der Waals surface area (Å²) in [4.78, 5) is 26.5. The number of allylic oxidation sites excluding steroid dienone is 2. The van der Waals surface area contributed by atoms with Crippen molar-refractivity contribution in [3.05, 3.63) is 11.6 Å². The van der Waals surface area contributed by atoms with Crippen LogP contribution in [0.5, 0.6) is 0 Å². The van der Waals surface area contributed by atoms with Gasteiger partial charge in [-0.3, -0.25) is 9.59 Å². The molecule has 0 bridgehead atoms. The van der Waals surface area contributed by atoms with Crippen LogP contribution in [-0.4, -0.2) is 39.8 Å². The maximum atomic E-state index is 14.2. The summed E-state index contributed by atoms with van der Waals surface area (Å²) in [5.74, 6) is -0.423. The summed E-state index contributed by atoms with van der Waals surface area (Å²) in [5.41, 5.74) is -0.676. The van der Waals surface area contributed by atoms with Crippen molar-refractivity contribution in [2.45, 2.75) is 105 Å². The number of rotatable bonds is 2. The van der Waals surface area contributed by atoms with Crippen LogP contribution in [0.25, 0.3) is 0 Å². The highest BCUT2D eigenvalue weighted by Crippen LogP contribution is 2.75. The highest BCUT2D eigenvalue weighted by atomic mass is 16.4. The Bertz CT molecular complexity index is 987. The average molecular weight is 487 g/mol. The minimum absolute atomic E-state index is 0.0509. The molecule has 5 aliphatic rings. The van der Waals surface area contributed by atoms with E-state index in [0.717, 1.165) is 38.5 Å². The number of carbonyl (C=O) groups is 2. The molecule has 0 heterocycles. The van der Waals surface area contributed by atoms with Gasteiger partial charge in [-0.15, -0.1) is 0 Å². The number of carboxylic acids is 1. The van der Waals surface area contributed by atoms with Gasteiger partial charge in [0.05, 0.1) is 18.1 Å². The first-order valence-corrected chi connectivity index (χ1v) is 13.9. The van der Waals surface area contributed by atoms with Crippen LogP contribution in [0.2, 0.25) is 0 Å². The first-order valence-electron chi connectivity index (χ1n) is 13.9. The minimum Gasteiger partial charge on any atom is -0.481 e. The number of ketones is 1. The van der Waals surface area contributed by atoms with Crippen LogP contribution in [0.15, 0.2) is 11.6 Å². The van der Waals surface area contributed by atoms with Gasteiger partial charge in [-0.25, -0.2) is 0 Å². The Morgan fingerprint density at radius 3 is 2.26 bits per heavy atom. The number of fused-ring (bicyclic) bond motifs is 7. The number of hydrogen-bond acceptors (Lipinski definition) is 4. The molecule has 196 valence electrons. The maximum Gasteiger partial charge on any atom is 0.309 e. The third-order valence-corrected chi connectivity index (χ3v) is 13.2. The summed E-state index contributed by atoms with van der Waals surface area (Å²) in [5, 5.41) is 31.3. The van der Waals surface area contributed by atoms with E-state index in [1.807, 2.05) is 19.9 Å². The zero-order valence-corrected chi connectivity index (χ0v) is 22.6. The lowest BCUT2D eigenvalue weighted by Gasteiger charge is -2.70. The highest BCUT2D eigenvalue weighted by Gasteiger charge is 2.70. The fraction of sp³-hybridized carbons (Fsp3) is 0.867. The average Bonchev–Trinajstić information content (AvgIpc) is 2.79. The van der Waals surface area contributed by atoms with E-state index < -0.39 is 22.9 Å². The van der Waals surface area contributed by atoms with Crippen LogP contribution in [0.3, 0.4) is 0 Å². The number of carboxylic acid groups (broad SMARTS) is 1. The summed E-state index contributed by atoms with van der Waals surface area (Å²) in [6, 6.07) is 0. The Hall–Kier alpha value is -1.20. The fourth-order valence-electron chi connectivity index (χ4n) is 10.4. The summed E-state index contributed by atoms with van der Waals surface area (Å²) < 4.78 is 0. The van der Waals surface area contributed by atoms with Crippen LogP contribution in [-0.2, 0) is 9.59 Å². The molecule has 5 aliphatic carbocycles. The van der Waals surface area contributed by atoms with Crippen molar-refractivity contribution >= 4 is 11.8 Å². The predicted octanol–water partition coefficient (Wildman–Crippen LogP) is 5.39. The van der Waals surface area contributed by atoms with E-state index in [-0.39, 0.29) is 51.8 Å². The third-order valence-electron chi connectivity index (χ3n) is 13.2. The Morgan fingerprint density at radius 1 is 0.971 bits per heavy atom. The van der Waals surface area contributed by atoms with E-state index in [0.29, 0.717) is 19.3 Å². The molecule has 0 aliphatic heterocycles. The van der Waals surface area contributed by atoms with Gasteiger partial charge in [-0.05, 0) is 104 Å². The van der Waals surface area contributed by atoms with Crippen LogP contribution in [0.1, 0.15) is 99.3 Å². The number of carbonyl (C=O) groups excluding carboxylic acids is 1. The van der Waals surface area contributed by atoms with Crippen molar-refractivity contribution < 1.29 is 24.9 Å². The number of aliphatic hydroxyl groups is 2. The van der Waals surface area contributed by atoms with E-state index in [4.69, 9.17) is 0 Å². The second-order valence-corrected chi connectivity index (χ2v) is 14.8. The number of hydrogen-bond donors (Lipinski definition) is 3. The van der Waals surface area contributed by atoms with Crippen molar-refractivity contribution in [3.8, 4) is 0 Å². The largest absolute Gasteiger partial charge is 0.481 e. The van der Waals surface area contributed by atoms with Gasteiger partial charge in [0, 0.05) is 11.3 Å². The van der Waals surface area contributed by atoms with Crippen molar-refractivity contribution in [1.82, 2.24) is 0 Å². The van der Waals surface area contributed by atoms with E-state index in [2.05, 4.69) is 27.7 Å². The van der Waals surface area contributed by atoms with Gasteiger partial charge in [0.2, 0.25) is 0 Å². The molecule has 0 amide bonds. The molecule has 0 spiro atoms. The molecule has 10 atom stereocenters. The van der Waals surface area contributed by atoms with Crippen LogP contribution in [0, 0.1) is 50.2 Å². The second-order valence-electron chi connectivity index (χ2n) is 14.8. The number of aliphatic carboxylic acids is 1. The third kappa shape index (κ3) is 3.00. The van der Waals surface area contributed by atoms with Crippen LogP contribution < -0.4 is 0 Å². The lowest BCUT2D eigenvalue weighted by Crippen LogP contribution is -2.67. The van der Waals surface area contributed by atoms with Crippen molar-refractivity contribution in [2.75, 3.05) is 6.61 Å². The van der Waals surface area contributed by atoms with Gasteiger partial charge in [0.15, 0.2) is 5.78 Å². The molecule has 0 aromatic heterocycles. The molecule has 4 fully saturated rings. The Kier molecular flexibility index (Phi) is 5.40.